The first-order valence-electron chi connectivity index (χ1n) is 10.2. The van der Waals surface area contributed by atoms with E-state index >= 15 is 0 Å². The number of aromatic nitrogens is 1. The zero-order valence-corrected chi connectivity index (χ0v) is 16.4. The fraction of sp³-hybridized carbons (Fsp3) is 0.762. The summed E-state index contributed by atoms with van der Waals surface area (Å²) in [5.74, 6) is 3.27. The number of anilines is 1. The maximum Gasteiger partial charge on any atom is 0.401 e. The maximum absolute atomic E-state index is 12.5. The fourth-order valence-electron chi connectivity index (χ4n) is 5.43. The molecule has 0 aromatic carbocycles. The SMILES string of the molecule is CC(C)C1C2CC(C2)N1c1cc(CC(C)C2CN(CC(F)(F)F)C2)ccn1. The van der Waals surface area contributed by atoms with Crippen LogP contribution in [0.3, 0.4) is 0 Å². The lowest BCUT2D eigenvalue weighted by Crippen LogP contribution is -2.52. The second kappa shape index (κ2) is 6.94. The van der Waals surface area contributed by atoms with E-state index in [0.29, 0.717) is 42.9 Å². The number of pyridine rings is 1. The van der Waals surface area contributed by atoms with Crippen LogP contribution in [0.1, 0.15) is 39.2 Å². The first kappa shape index (κ1) is 19.0. The summed E-state index contributed by atoms with van der Waals surface area (Å²) in [6, 6.07) is 5.53. The van der Waals surface area contributed by atoms with Gasteiger partial charge in [0.25, 0.3) is 0 Å². The number of nitrogens with zero attached hydrogens (tertiary/aromatic N) is 3. The third-order valence-electron chi connectivity index (χ3n) is 6.86. The molecule has 4 heterocycles. The smallest absolute Gasteiger partial charge is 0.350 e. The molecule has 1 aromatic heterocycles. The van der Waals surface area contributed by atoms with E-state index in [1.54, 1.807) is 0 Å². The van der Waals surface area contributed by atoms with Gasteiger partial charge in [0.15, 0.2) is 0 Å². The van der Waals surface area contributed by atoms with Crippen LogP contribution in [0, 0.1) is 23.7 Å². The van der Waals surface area contributed by atoms with Gasteiger partial charge in [0, 0.05) is 31.4 Å². The molecule has 0 amide bonds. The molecule has 1 saturated carbocycles. The minimum Gasteiger partial charge on any atom is -0.350 e. The summed E-state index contributed by atoms with van der Waals surface area (Å²) in [6.45, 7) is 7.11. The predicted molar refractivity (Wildman–Crippen MR) is 101 cm³/mol. The average Bonchev–Trinajstić information content (AvgIpc) is 3.05. The zero-order valence-electron chi connectivity index (χ0n) is 16.4. The quantitative estimate of drug-likeness (QED) is 0.729. The van der Waals surface area contributed by atoms with Crippen molar-refractivity contribution < 1.29 is 13.2 Å². The van der Waals surface area contributed by atoms with Crippen molar-refractivity contribution in [3.8, 4) is 0 Å². The molecule has 3 nitrogen and oxygen atoms in total. The molecule has 3 saturated heterocycles. The number of fused-ring (bicyclic) bond motifs is 1. The maximum atomic E-state index is 12.5. The third kappa shape index (κ3) is 3.82. The first-order chi connectivity index (χ1) is 12.7. The van der Waals surface area contributed by atoms with Crippen molar-refractivity contribution in [2.24, 2.45) is 23.7 Å². The van der Waals surface area contributed by atoms with Crippen LogP contribution in [0.5, 0.6) is 0 Å². The van der Waals surface area contributed by atoms with Crippen molar-refractivity contribution in [3.63, 3.8) is 0 Å². The van der Waals surface area contributed by atoms with Crippen molar-refractivity contribution in [1.82, 2.24) is 9.88 Å². The molecule has 0 radical (unpaired) electrons. The Morgan fingerprint density at radius 2 is 1.89 bits per heavy atom. The van der Waals surface area contributed by atoms with Crippen molar-refractivity contribution in [3.05, 3.63) is 23.9 Å². The molecule has 6 heteroatoms. The number of alkyl halides is 3. The van der Waals surface area contributed by atoms with E-state index < -0.39 is 12.7 Å². The molecule has 5 rings (SSSR count). The Balaban J connectivity index is 1.36. The van der Waals surface area contributed by atoms with Crippen LogP contribution in [0.25, 0.3) is 0 Å². The normalized spacial score (nSPS) is 29.7. The minimum atomic E-state index is -4.09. The minimum absolute atomic E-state index is 0.354. The average molecular weight is 381 g/mol. The second-order valence-electron chi connectivity index (χ2n) is 9.30. The van der Waals surface area contributed by atoms with Crippen molar-refractivity contribution in [1.29, 1.82) is 0 Å². The largest absolute Gasteiger partial charge is 0.401 e. The summed E-state index contributed by atoms with van der Waals surface area (Å²) in [6.07, 6.45) is 1.32. The molecule has 1 aliphatic carbocycles. The Morgan fingerprint density at radius 1 is 1.19 bits per heavy atom. The Bertz CT molecular complexity index is 663. The summed E-state index contributed by atoms with van der Waals surface area (Å²) in [5, 5.41) is 0. The summed E-state index contributed by atoms with van der Waals surface area (Å²) in [4.78, 5) is 8.71. The first-order valence-corrected chi connectivity index (χ1v) is 10.2. The van der Waals surface area contributed by atoms with E-state index in [4.69, 9.17) is 0 Å². The van der Waals surface area contributed by atoms with Crippen LogP contribution in [0.15, 0.2) is 18.3 Å². The van der Waals surface area contributed by atoms with Gasteiger partial charge in [0.2, 0.25) is 0 Å². The summed E-state index contributed by atoms with van der Waals surface area (Å²) >= 11 is 0. The van der Waals surface area contributed by atoms with Crippen LogP contribution in [-0.4, -0.2) is 47.8 Å². The number of likely N-dealkylation sites (tertiary alicyclic amines) is 1. The van der Waals surface area contributed by atoms with Crippen LogP contribution in [0.2, 0.25) is 0 Å². The second-order valence-corrected chi connectivity index (χ2v) is 9.30. The summed E-state index contributed by atoms with van der Waals surface area (Å²) in [7, 11) is 0. The van der Waals surface area contributed by atoms with Gasteiger partial charge in [-0.3, -0.25) is 4.90 Å². The topological polar surface area (TPSA) is 19.4 Å². The van der Waals surface area contributed by atoms with Crippen molar-refractivity contribution >= 4 is 5.82 Å². The molecule has 27 heavy (non-hydrogen) atoms. The third-order valence-corrected chi connectivity index (χ3v) is 6.86. The van der Waals surface area contributed by atoms with Gasteiger partial charge in [0.05, 0.1) is 6.54 Å². The molecule has 150 valence electrons. The van der Waals surface area contributed by atoms with Crippen LogP contribution in [0.4, 0.5) is 19.0 Å². The zero-order chi connectivity index (χ0) is 19.3. The van der Waals surface area contributed by atoms with E-state index in [-0.39, 0.29) is 0 Å². The van der Waals surface area contributed by atoms with E-state index in [2.05, 4.69) is 42.8 Å². The van der Waals surface area contributed by atoms with Gasteiger partial charge in [-0.25, -0.2) is 4.98 Å². The molecule has 2 unspecified atom stereocenters. The molecule has 4 fully saturated rings. The Hall–Kier alpha value is -1.30. The lowest BCUT2D eigenvalue weighted by molar-refractivity contribution is -0.161. The number of rotatable bonds is 6. The van der Waals surface area contributed by atoms with Gasteiger partial charge in [-0.2, -0.15) is 13.2 Å². The van der Waals surface area contributed by atoms with Crippen LogP contribution in [-0.2, 0) is 6.42 Å². The van der Waals surface area contributed by atoms with Crippen molar-refractivity contribution in [2.75, 3.05) is 24.5 Å². The fourth-order valence-corrected chi connectivity index (χ4v) is 5.43. The lowest BCUT2D eigenvalue weighted by atomic mass is 9.80. The predicted octanol–water partition coefficient (Wildman–Crippen LogP) is 4.38. The highest BCUT2D eigenvalue weighted by Crippen LogP contribution is 2.50. The van der Waals surface area contributed by atoms with E-state index in [1.165, 1.54) is 23.3 Å². The molecule has 1 aromatic rings. The van der Waals surface area contributed by atoms with Gasteiger partial charge < -0.3 is 4.90 Å². The van der Waals surface area contributed by atoms with Gasteiger partial charge in [0.1, 0.15) is 5.82 Å². The highest BCUT2D eigenvalue weighted by atomic mass is 19.4. The number of halogens is 3. The Morgan fingerprint density at radius 3 is 2.52 bits per heavy atom. The molecule has 2 atom stereocenters. The molecular weight excluding hydrogens is 351 g/mol. The standard InChI is InChI=1S/C21H30F3N3/c1-13(2)20-16-8-18(9-16)27(20)19-7-15(4-5-25-19)6-14(3)17-10-26(11-17)12-21(22,23)24/h4-5,7,13-14,16-18,20H,6,8-12H2,1-3H3. The van der Waals surface area contributed by atoms with Crippen molar-refractivity contribution in [2.45, 2.75) is 58.3 Å². The van der Waals surface area contributed by atoms with Gasteiger partial charge in [-0.05, 0) is 60.6 Å². The van der Waals surface area contributed by atoms with Gasteiger partial charge >= 0.3 is 6.18 Å². The van der Waals surface area contributed by atoms with Gasteiger partial charge in [-0.15, -0.1) is 0 Å². The Kier molecular flexibility index (Phi) is 4.90. The number of hydrogen-bond acceptors (Lipinski definition) is 3. The molecule has 0 spiro atoms. The Labute approximate surface area is 159 Å². The molecule has 0 N–H and O–H groups in total. The number of hydrogen-bond donors (Lipinski definition) is 0. The van der Waals surface area contributed by atoms with Gasteiger partial charge in [-0.1, -0.05) is 20.8 Å². The monoisotopic (exact) mass is 381 g/mol. The molecule has 3 aliphatic heterocycles. The molecule has 4 aliphatic rings. The van der Waals surface area contributed by atoms with E-state index in [1.807, 2.05) is 6.20 Å². The van der Waals surface area contributed by atoms with E-state index in [0.717, 1.165) is 18.2 Å². The lowest BCUT2D eigenvalue weighted by Gasteiger charge is -2.42. The highest BCUT2D eigenvalue weighted by molar-refractivity contribution is 5.48. The highest BCUT2D eigenvalue weighted by Gasteiger charge is 2.51. The van der Waals surface area contributed by atoms with Crippen LogP contribution < -0.4 is 4.90 Å². The summed E-state index contributed by atoms with van der Waals surface area (Å²) in [5.41, 5.74) is 1.26. The molecular formula is C21H30F3N3. The van der Waals surface area contributed by atoms with Crippen LogP contribution >= 0.6 is 0 Å². The van der Waals surface area contributed by atoms with E-state index in [9.17, 15) is 13.2 Å². The summed E-state index contributed by atoms with van der Waals surface area (Å²) < 4.78 is 37.4. The molecule has 2 bridgehead atoms.